The van der Waals surface area contributed by atoms with Crippen LogP contribution in [0.1, 0.15) is 66.2 Å². The molecule has 0 aromatic rings. The number of rotatable bonds is 4. The van der Waals surface area contributed by atoms with Gasteiger partial charge in [-0.2, -0.15) is 0 Å². The third kappa shape index (κ3) is 2.85. The van der Waals surface area contributed by atoms with E-state index in [0.29, 0.717) is 5.41 Å². The van der Waals surface area contributed by atoms with Gasteiger partial charge in [0.2, 0.25) is 0 Å². The monoisotopic (exact) mass is 238 g/mol. The normalized spacial score (nSPS) is 28.4. The lowest BCUT2D eigenvalue weighted by Gasteiger charge is -2.52. The van der Waals surface area contributed by atoms with Crippen LogP contribution in [0.5, 0.6) is 0 Å². The highest BCUT2D eigenvalue weighted by molar-refractivity contribution is 4.95. The van der Waals surface area contributed by atoms with E-state index in [4.69, 9.17) is 5.73 Å². The van der Waals surface area contributed by atoms with E-state index in [1.54, 1.807) is 0 Å². The van der Waals surface area contributed by atoms with Crippen molar-refractivity contribution in [2.45, 2.75) is 77.9 Å². The summed E-state index contributed by atoms with van der Waals surface area (Å²) in [4.78, 5) is 2.49. The highest BCUT2D eigenvalue weighted by atomic mass is 15.3. The summed E-state index contributed by atoms with van der Waals surface area (Å²) in [5.74, 6) is 0.950. The zero-order chi connectivity index (χ0) is 12.7. The Morgan fingerprint density at radius 1 is 1.06 bits per heavy atom. The Kier molecular flexibility index (Phi) is 3.57. The molecule has 1 heterocycles. The van der Waals surface area contributed by atoms with Crippen molar-refractivity contribution in [3.05, 3.63) is 0 Å². The molecule has 2 nitrogen and oxygen atoms in total. The summed E-state index contributed by atoms with van der Waals surface area (Å²) in [6.45, 7) is 10.4. The predicted octanol–water partition coefficient (Wildman–Crippen LogP) is 3.36. The van der Waals surface area contributed by atoms with E-state index in [1.807, 2.05) is 0 Å². The lowest BCUT2D eigenvalue weighted by atomic mass is 9.71. The second-order valence-electron chi connectivity index (χ2n) is 7.46. The molecule has 2 heteroatoms. The SMILES string of the molecule is CC(C)(CC1CCN1C(C)(C)N)C1CCCC1. The van der Waals surface area contributed by atoms with Crippen LogP contribution >= 0.6 is 0 Å². The first-order chi connectivity index (χ1) is 7.81. The van der Waals surface area contributed by atoms with Gasteiger partial charge in [0.1, 0.15) is 0 Å². The summed E-state index contributed by atoms with van der Waals surface area (Å²) in [5, 5.41) is 0. The maximum absolute atomic E-state index is 6.23. The lowest BCUT2D eigenvalue weighted by Crippen LogP contribution is -2.63. The quantitative estimate of drug-likeness (QED) is 0.813. The summed E-state index contributed by atoms with van der Waals surface area (Å²) in [6.07, 6.45) is 8.47. The van der Waals surface area contributed by atoms with Gasteiger partial charge in [-0.1, -0.05) is 26.7 Å². The van der Waals surface area contributed by atoms with Crippen LogP contribution in [-0.4, -0.2) is 23.1 Å². The molecule has 1 saturated heterocycles. The van der Waals surface area contributed by atoms with Crippen molar-refractivity contribution in [3.8, 4) is 0 Å². The molecule has 2 aliphatic rings. The Morgan fingerprint density at radius 3 is 2.06 bits per heavy atom. The summed E-state index contributed by atoms with van der Waals surface area (Å²) in [5.41, 5.74) is 6.60. The van der Waals surface area contributed by atoms with Crippen LogP contribution in [0.4, 0.5) is 0 Å². The van der Waals surface area contributed by atoms with Gasteiger partial charge in [0.15, 0.2) is 0 Å². The van der Waals surface area contributed by atoms with Crippen LogP contribution in [0.15, 0.2) is 0 Å². The van der Waals surface area contributed by atoms with E-state index in [-0.39, 0.29) is 5.66 Å². The Hall–Kier alpha value is -0.0800. The smallest absolute Gasteiger partial charge is 0.0631 e. The Morgan fingerprint density at radius 2 is 1.65 bits per heavy atom. The Balaban J connectivity index is 1.92. The zero-order valence-electron chi connectivity index (χ0n) is 12.1. The van der Waals surface area contributed by atoms with Crippen LogP contribution in [0, 0.1) is 11.3 Å². The van der Waals surface area contributed by atoms with E-state index >= 15 is 0 Å². The summed E-state index contributed by atoms with van der Waals surface area (Å²) in [7, 11) is 0. The number of hydrogen-bond donors (Lipinski definition) is 1. The van der Waals surface area contributed by atoms with Crippen LogP contribution < -0.4 is 5.73 Å². The molecule has 0 aromatic carbocycles. The van der Waals surface area contributed by atoms with Gasteiger partial charge in [-0.25, -0.2) is 0 Å². The molecule has 17 heavy (non-hydrogen) atoms. The van der Waals surface area contributed by atoms with E-state index in [0.717, 1.165) is 12.0 Å². The molecule has 1 unspecified atom stereocenters. The maximum Gasteiger partial charge on any atom is 0.0631 e. The minimum atomic E-state index is -0.130. The molecule has 100 valence electrons. The summed E-state index contributed by atoms with van der Waals surface area (Å²) < 4.78 is 0. The van der Waals surface area contributed by atoms with Gasteiger partial charge in [0, 0.05) is 12.6 Å². The fourth-order valence-electron chi connectivity index (χ4n) is 3.89. The number of likely N-dealkylation sites (tertiary alicyclic amines) is 1. The molecule has 2 fully saturated rings. The molecule has 0 aromatic heterocycles. The van der Waals surface area contributed by atoms with Crippen molar-refractivity contribution in [1.82, 2.24) is 4.90 Å². The van der Waals surface area contributed by atoms with Gasteiger partial charge in [-0.05, 0) is 50.9 Å². The third-order valence-corrected chi connectivity index (χ3v) is 5.11. The van der Waals surface area contributed by atoms with Crippen molar-refractivity contribution in [2.75, 3.05) is 6.54 Å². The number of hydrogen-bond acceptors (Lipinski definition) is 2. The molecule has 1 atom stereocenters. The first-order valence-electron chi connectivity index (χ1n) is 7.36. The average molecular weight is 238 g/mol. The Labute approximate surface area is 107 Å². The second-order valence-corrected chi connectivity index (χ2v) is 7.46. The molecule has 1 aliphatic carbocycles. The minimum absolute atomic E-state index is 0.130. The Bertz CT molecular complexity index is 259. The molecule has 1 aliphatic heterocycles. The van der Waals surface area contributed by atoms with Crippen LogP contribution in [0.2, 0.25) is 0 Å². The number of nitrogens with zero attached hydrogens (tertiary/aromatic N) is 1. The molecule has 0 radical (unpaired) electrons. The van der Waals surface area contributed by atoms with E-state index in [9.17, 15) is 0 Å². The fourth-order valence-corrected chi connectivity index (χ4v) is 3.89. The van der Waals surface area contributed by atoms with Gasteiger partial charge < -0.3 is 5.73 Å². The first-order valence-corrected chi connectivity index (χ1v) is 7.36. The highest BCUT2D eigenvalue weighted by Gasteiger charge is 2.41. The van der Waals surface area contributed by atoms with Gasteiger partial charge >= 0.3 is 0 Å². The fraction of sp³-hybridized carbons (Fsp3) is 1.00. The second kappa shape index (κ2) is 4.55. The van der Waals surface area contributed by atoms with Crippen LogP contribution in [0.25, 0.3) is 0 Å². The molecule has 0 spiro atoms. The maximum atomic E-state index is 6.23. The third-order valence-electron chi connectivity index (χ3n) is 5.11. The topological polar surface area (TPSA) is 29.3 Å². The van der Waals surface area contributed by atoms with Crippen LogP contribution in [0.3, 0.4) is 0 Å². The number of nitrogens with two attached hydrogens (primary N) is 1. The highest BCUT2D eigenvalue weighted by Crippen LogP contribution is 2.45. The molecule has 1 saturated carbocycles. The molecular formula is C15H30N2. The van der Waals surface area contributed by atoms with Crippen molar-refractivity contribution < 1.29 is 0 Å². The van der Waals surface area contributed by atoms with E-state index in [2.05, 4.69) is 32.6 Å². The summed E-state index contributed by atoms with van der Waals surface area (Å²) >= 11 is 0. The zero-order valence-corrected chi connectivity index (χ0v) is 12.1. The molecule has 0 amide bonds. The van der Waals surface area contributed by atoms with Crippen molar-refractivity contribution >= 4 is 0 Å². The molecule has 2 rings (SSSR count). The van der Waals surface area contributed by atoms with E-state index < -0.39 is 0 Å². The predicted molar refractivity (Wildman–Crippen MR) is 73.7 cm³/mol. The largest absolute Gasteiger partial charge is 0.314 e. The van der Waals surface area contributed by atoms with E-state index in [1.165, 1.54) is 45.1 Å². The lowest BCUT2D eigenvalue weighted by molar-refractivity contribution is -0.0338. The average Bonchev–Trinajstić information content (AvgIpc) is 2.62. The van der Waals surface area contributed by atoms with Gasteiger partial charge in [-0.3, -0.25) is 4.90 Å². The van der Waals surface area contributed by atoms with Crippen molar-refractivity contribution in [1.29, 1.82) is 0 Å². The van der Waals surface area contributed by atoms with Gasteiger partial charge in [0.25, 0.3) is 0 Å². The van der Waals surface area contributed by atoms with Gasteiger partial charge in [-0.15, -0.1) is 0 Å². The van der Waals surface area contributed by atoms with Crippen LogP contribution in [-0.2, 0) is 0 Å². The van der Waals surface area contributed by atoms with Crippen molar-refractivity contribution in [2.24, 2.45) is 17.1 Å². The standard InChI is InChI=1S/C15H30N2/c1-14(2,12-7-5-6-8-12)11-13-9-10-17(13)15(3,4)16/h12-13H,5-11,16H2,1-4H3. The molecule has 0 bridgehead atoms. The molecular weight excluding hydrogens is 208 g/mol. The minimum Gasteiger partial charge on any atom is -0.314 e. The summed E-state index contributed by atoms with van der Waals surface area (Å²) in [6, 6.07) is 0.727. The van der Waals surface area contributed by atoms with Crippen molar-refractivity contribution in [3.63, 3.8) is 0 Å². The molecule has 2 N–H and O–H groups in total. The first kappa shape index (κ1) is 13.4. The van der Waals surface area contributed by atoms with Gasteiger partial charge in [0.05, 0.1) is 5.66 Å².